The lowest BCUT2D eigenvalue weighted by Crippen LogP contribution is -2.47. The maximum absolute atomic E-state index is 12.7. The second kappa shape index (κ2) is 8.26. The van der Waals surface area contributed by atoms with Crippen LogP contribution in [0.3, 0.4) is 0 Å². The first-order valence-electron chi connectivity index (χ1n) is 8.89. The first-order chi connectivity index (χ1) is 13.2. The number of carbonyl (C=O) groups excluding carboxylic acids is 1. The summed E-state index contributed by atoms with van der Waals surface area (Å²) in [6, 6.07) is 4.10. The fourth-order valence-electron chi connectivity index (χ4n) is 3.35. The van der Waals surface area contributed by atoms with Crippen molar-refractivity contribution in [2.75, 3.05) is 39.4 Å². The van der Waals surface area contributed by atoms with Crippen LogP contribution in [-0.4, -0.2) is 69.3 Å². The van der Waals surface area contributed by atoms with E-state index in [-0.39, 0.29) is 29.8 Å². The Kier molecular flexibility index (Phi) is 6.15. The molecule has 0 saturated carbocycles. The molecule has 0 aliphatic carbocycles. The van der Waals surface area contributed by atoms with Crippen LogP contribution in [0.1, 0.15) is 12.8 Å². The summed E-state index contributed by atoms with van der Waals surface area (Å²) in [6.45, 7) is 2.47. The zero-order valence-electron chi connectivity index (χ0n) is 15.0. The molecule has 3 rings (SSSR count). The fourth-order valence-corrected chi connectivity index (χ4v) is 4.82. The zero-order chi connectivity index (χ0) is 20.4. The van der Waals surface area contributed by atoms with Crippen LogP contribution in [0.15, 0.2) is 29.2 Å². The summed E-state index contributed by atoms with van der Waals surface area (Å²) in [5.41, 5.74) is 0. The van der Waals surface area contributed by atoms with Crippen molar-refractivity contribution in [3.63, 3.8) is 0 Å². The summed E-state index contributed by atoms with van der Waals surface area (Å²) in [4.78, 5) is 14.2. The highest BCUT2D eigenvalue weighted by Crippen LogP contribution is 2.28. The van der Waals surface area contributed by atoms with E-state index < -0.39 is 22.1 Å². The molecule has 0 aromatic heterocycles. The number of hydrogen-bond acceptors (Lipinski definition) is 5. The van der Waals surface area contributed by atoms with E-state index in [0.717, 1.165) is 24.3 Å². The Labute approximate surface area is 161 Å². The van der Waals surface area contributed by atoms with Crippen LogP contribution in [0.2, 0.25) is 0 Å². The van der Waals surface area contributed by atoms with Crippen LogP contribution >= 0.6 is 0 Å². The van der Waals surface area contributed by atoms with Gasteiger partial charge >= 0.3 is 6.36 Å². The third kappa shape index (κ3) is 4.95. The predicted molar refractivity (Wildman–Crippen MR) is 92.0 cm³/mol. The number of rotatable bonds is 4. The van der Waals surface area contributed by atoms with Gasteiger partial charge in [-0.3, -0.25) is 4.79 Å². The van der Waals surface area contributed by atoms with E-state index in [0.29, 0.717) is 39.1 Å². The molecule has 7 nitrogen and oxygen atoms in total. The van der Waals surface area contributed by atoms with E-state index in [1.165, 1.54) is 4.31 Å². The number of ether oxygens (including phenoxy) is 2. The highest BCUT2D eigenvalue weighted by Gasteiger charge is 2.35. The average Bonchev–Trinajstić information content (AvgIpc) is 2.67. The SMILES string of the molecule is O=C(C1CCN(S(=O)(=O)c2ccc(OC(F)(F)F)cc2)CC1)N1CCOCC1. The Morgan fingerprint density at radius 1 is 1.04 bits per heavy atom. The molecule has 1 aromatic rings. The third-order valence-corrected chi connectivity index (χ3v) is 6.73. The molecule has 0 atom stereocenters. The number of halogens is 3. The number of carbonyl (C=O) groups is 1. The van der Waals surface area contributed by atoms with Gasteiger partial charge in [-0.25, -0.2) is 8.42 Å². The van der Waals surface area contributed by atoms with E-state index in [4.69, 9.17) is 4.74 Å². The van der Waals surface area contributed by atoms with Gasteiger partial charge in [0, 0.05) is 32.1 Å². The number of nitrogens with zero attached hydrogens (tertiary/aromatic N) is 2. The predicted octanol–water partition coefficient (Wildman–Crippen LogP) is 1.84. The topological polar surface area (TPSA) is 76.2 Å². The molecular weight excluding hydrogens is 401 g/mol. The van der Waals surface area contributed by atoms with Gasteiger partial charge in [-0.15, -0.1) is 13.2 Å². The molecule has 0 N–H and O–H groups in total. The van der Waals surface area contributed by atoms with Gasteiger partial charge in [-0.2, -0.15) is 4.31 Å². The molecule has 1 aromatic carbocycles. The quantitative estimate of drug-likeness (QED) is 0.740. The molecule has 0 bridgehead atoms. The summed E-state index contributed by atoms with van der Waals surface area (Å²) >= 11 is 0. The van der Waals surface area contributed by atoms with E-state index >= 15 is 0 Å². The molecule has 2 fully saturated rings. The highest BCUT2D eigenvalue weighted by atomic mass is 32.2. The minimum Gasteiger partial charge on any atom is -0.406 e. The fraction of sp³-hybridized carbons (Fsp3) is 0.588. The number of alkyl halides is 3. The van der Waals surface area contributed by atoms with Gasteiger partial charge in [-0.1, -0.05) is 0 Å². The minimum absolute atomic E-state index is 0.0222. The Hall–Kier alpha value is -1.85. The second-order valence-electron chi connectivity index (χ2n) is 6.64. The van der Waals surface area contributed by atoms with Crippen molar-refractivity contribution in [2.24, 2.45) is 5.92 Å². The second-order valence-corrected chi connectivity index (χ2v) is 8.57. The van der Waals surface area contributed by atoms with Crippen molar-refractivity contribution in [1.82, 2.24) is 9.21 Å². The molecule has 2 aliphatic heterocycles. The molecule has 28 heavy (non-hydrogen) atoms. The van der Waals surface area contributed by atoms with Crippen LogP contribution in [0, 0.1) is 5.92 Å². The van der Waals surface area contributed by atoms with Gasteiger partial charge in [0.15, 0.2) is 0 Å². The number of morpholine rings is 1. The average molecular weight is 422 g/mol. The van der Waals surface area contributed by atoms with Crippen molar-refractivity contribution in [2.45, 2.75) is 24.1 Å². The summed E-state index contributed by atoms with van der Waals surface area (Å²) in [5, 5.41) is 0. The van der Waals surface area contributed by atoms with E-state index in [1.54, 1.807) is 4.90 Å². The van der Waals surface area contributed by atoms with Crippen molar-refractivity contribution in [3.8, 4) is 5.75 Å². The summed E-state index contributed by atoms with van der Waals surface area (Å²) in [6.07, 6.45) is -4.02. The van der Waals surface area contributed by atoms with Gasteiger partial charge < -0.3 is 14.4 Å². The summed E-state index contributed by atoms with van der Waals surface area (Å²) in [7, 11) is -3.84. The van der Waals surface area contributed by atoms with Crippen LogP contribution in [0.5, 0.6) is 5.75 Å². The highest BCUT2D eigenvalue weighted by molar-refractivity contribution is 7.89. The van der Waals surface area contributed by atoms with Gasteiger partial charge in [0.2, 0.25) is 15.9 Å². The van der Waals surface area contributed by atoms with Gasteiger partial charge in [-0.05, 0) is 37.1 Å². The number of amides is 1. The van der Waals surface area contributed by atoms with E-state index in [2.05, 4.69) is 4.74 Å². The van der Waals surface area contributed by atoms with Gasteiger partial charge in [0.25, 0.3) is 0 Å². The molecule has 1 amide bonds. The van der Waals surface area contributed by atoms with Crippen molar-refractivity contribution in [3.05, 3.63) is 24.3 Å². The minimum atomic E-state index is -4.84. The first-order valence-corrected chi connectivity index (χ1v) is 10.3. The molecule has 11 heteroatoms. The Bertz CT molecular complexity index is 784. The molecule has 156 valence electrons. The van der Waals surface area contributed by atoms with Crippen LogP contribution in [-0.2, 0) is 19.6 Å². The van der Waals surface area contributed by atoms with Crippen molar-refractivity contribution < 1.29 is 35.9 Å². The maximum atomic E-state index is 12.7. The zero-order valence-corrected chi connectivity index (χ0v) is 15.8. The first kappa shape index (κ1) is 20.9. The van der Waals surface area contributed by atoms with Crippen molar-refractivity contribution >= 4 is 15.9 Å². The molecule has 0 unspecified atom stereocenters. The molecule has 2 saturated heterocycles. The Morgan fingerprint density at radius 2 is 1.61 bits per heavy atom. The lowest BCUT2D eigenvalue weighted by molar-refractivity contribution is -0.274. The monoisotopic (exact) mass is 422 g/mol. The maximum Gasteiger partial charge on any atom is 0.573 e. The summed E-state index contributed by atoms with van der Waals surface area (Å²) in [5.74, 6) is -0.692. The molecule has 0 spiro atoms. The molecule has 2 aliphatic rings. The number of hydrogen-bond donors (Lipinski definition) is 0. The normalized spacial score (nSPS) is 20.2. The smallest absolute Gasteiger partial charge is 0.406 e. The number of piperidine rings is 1. The Balaban J connectivity index is 1.60. The van der Waals surface area contributed by atoms with E-state index in [1.807, 2.05) is 0 Å². The molecular formula is C17H21F3N2O5S. The Morgan fingerprint density at radius 3 is 2.14 bits per heavy atom. The largest absolute Gasteiger partial charge is 0.573 e. The molecule has 2 heterocycles. The van der Waals surface area contributed by atoms with Gasteiger partial charge in [0.1, 0.15) is 5.75 Å². The number of sulfonamides is 1. The van der Waals surface area contributed by atoms with Crippen LogP contribution in [0.25, 0.3) is 0 Å². The lowest BCUT2D eigenvalue weighted by atomic mass is 9.96. The third-order valence-electron chi connectivity index (χ3n) is 4.82. The van der Waals surface area contributed by atoms with Crippen LogP contribution in [0.4, 0.5) is 13.2 Å². The standard InChI is InChI=1S/C17H21F3N2O5S/c18-17(19,20)27-14-1-3-15(4-2-14)28(24,25)22-7-5-13(6-8-22)16(23)21-9-11-26-12-10-21/h1-4,13H,5-12H2. The molecule has 0 radical (unpaired) electrons. The number of benzene rings is 1. The van der Waals surface area contributed by atoms with Crippen LogP contribution < -0.4 is 4.74 Å². The van der Waals surface area contributed by atoms with E-state index in [9.17, 15) is 26.4 Å². The van der Waals surface area contributed by atoms with Gasteiger partial charge in [0.05, 0.1) is 18.1 Å². The van der Waals surface area contributed by atoms with Crippen molar-refractivity contribution in [1.29, 1.82) is 0 Å². The lowest BCUT2D eigenvalue weighted by Gasteiger charge is -2.35. The summed E-state index contributed by atoms with van der Waals surface area (Å²) < 4.78 is 72.3.